The number of aromatic carboxylic acids is 1. The number of anilines is 14. The number of ether oxygens (including phenoxy) is 1. The summed E-state index contributed by atoms with van der Waals surface area (Å²) in [4.78, 5) is 66.5. The molecular formula is C66H69N33O12S6. The summed E-state index contributed by atoms with van der Waals surface area (Å²) in [5.74, 6) is 2.01. The van der Waals surface area contributed by atoms with Crippen molar-refractivity contribution < 1.29 is 53.1 Å². The van der Waals surface area contributed by atoms with Gasteiger partial charge in [-0.05, 0) is 153 Å². The standard InChI is InChI=1S/C22H24N10O4S.C16H13N7O4S2.C15H17N7O2S2.C13H15N9O2S/c23-19-30-20(28-16-6-8-17(9-7-16)37(24,34)35)31-32(19)21-26-11-10-18(29-21)25-12-13-27-22(33)36-14-15-4-2-1-3-5-15;17-14-21-15(19-9-2-4-10(5-3-9)29(18,26)27)22-23(14)16-20-11-6-1-8(13(24)25)7-12(11)28-16;16-13-20-14(18-9-5-7-10(8-6-9)26(17,23)24)21-22(13)15-19-11-3-1-2-4-12(11)25-15;1-16-10-6-11(18-7-17-10)22-12(14)20-13(21-22)19-8-2-4-9(5-3-8)25(15,23)24/h1-11H,12-14H2,(H,27,33)(H2,24,34,35)(H,25,26,29)(H3,23,28,30,31);1-7H,(H,24,25)(H2,18,26,27)(H3,17,19,21,22);5-8H,1-4H2,(H2,17,23,24)(H3,16,18,20,21);2-7H,1H3,(H2,15,23,24)(H,16,17,18)(H3,14,19,20,21). The number of sulfonamides is 4. The van der Waals surface area contributed by atoms with Crippen molar-refractivity contribution in [3.05, 3.63) is 192 Å². The molecule has 1 aliphatic rings. The minimum absolute atomic E-state index is 0.0108. The summed E-state index contributed by atoms with van der Waals surface area (Å²) >= 11 is 2.81. The third kappa shape index (κ3) is 21.8. The number of nitrogens with two attached hydrogens (primary N) is 8. The number of hydrogen-bond donors (Lipinski definition) is 16. The number of benzene rings is 6. The first kappa shape index (κ1) is 82.4. The van der Waals surface area contributed by atoms with Gasteiger partial charge in [0.05, 0.1) is 41.1 Å². The summed E-state index contributed by atoms with van der Waals surface area (Å²) in [6.45, 7) is 0.869. The summed E-state index contributed by atoms with van der Waals surface area (Å²) in [5.41, 5.74) is 28.8. The normalized spacial score (nSPS) is 11.9. The quantitative estimate of drug-likeness (QED) is 0.0368. The van der Waals surface area contributed by atoms with Gasteiger partial charge in [-0.2, -0.15) is 43.6 Å². The van der Waals surface area contributed by atoms with Crippen molar-refractivity contribution in [3.8, 4) is 22.0 Å². The van der Waals surface area contributed by atoms with Crippen LogP contribution in [0.3, 0.4) is 0 Å². The van der Waals surface area contributed by atoms with E-state index >= 15 is 0 Å². The summed E-state index contributed by atoms with van der Waals surface area (Å²) < 4.78 is 102. The number of nitrogens with one attached hydrogen (secondary N) is 7. The van der Waals surface area contributed by atoms with Gasteiger partial charge in [-0.25, -0.2) is 88.7 Å². The number of aromatic nitrogens is 18. The summed E-state index contributed by atoms with van der Waals surface area (Å²) in [7, 11) is -13.3. The number of primary sulfonamides is 4. The maximum atomic E-state index is 11.8. The van der Waals surface area contributed by atoms with E-state index in [0.717, 1.165) is 30.5 Å². The highest BCUT2D eigenvalue weighted by molar-refractivity contribution is 7.90. The van der Waals surface area contributed by atoms with E-state index in [1.54, 1.807) is 60.8 Å². The molecule has 8 aromatic heterocycles. The Hall–Kier alpha value is -14.1. The zero-order chi connectivity index (χ0) is 83.3. The number of rotatable bonds is 24. The van der Waals surface area contributed by atoms with E-state index in [4.69, 9.17) is 53.3 Å². The summed E-state index contributed by atoms with van der Waals surface area (Å²) in [6, 6.07) is 40.6. The Balaban J connectivity index is 0.000000145. The molecule has 51 heteroatoms. The van der Waals surface area contributed by atoms with Gasteiger partial charge in [0.15, 0.2) is 5.82 Å². The van der Waals surface area contributed by atoms with E-state index in [9.17, 15) is 43.3 Å². The van der Waals surface area contributed by atoms with Crippen LogP contribution in [-0.4, -0.2) is 160 Å². The van der Waals surface area contributed by atoms with Gasteiger partial charge in [-0.3, -0.25) is 0 Å². The Kier molecular flexibility index (Phi) is 25.0. The Morgan fingerprint density at radius 2 is 0.949 bits per heavy atom. The van der Waals surface area contributed by atoms with Gasteiger partial charge in [0.25, 0.3) is 5.95 Å². The fourth-order valence-electron chi connectivity index (χ4n) is 10.4. The molecule has 0 bridgehead atoms. The SMILES string of the molecule is CNc1cc(-n2nc(Nc3ccc(S(N)(=O)=O)cc3)nc2N)ncn1.Nc1nc(Nc2ccc(S(N)(=O)=O)cc2)nn1-c1nc2c(s1)CCCC2.Nc1nc(Nc2ccc(S(N)(=O)=O)cc2)nn1-c1nc2ccc(C(=O)O)cc2s1.Nc1nc(Nc2ccc(S(N)(=O)=O)cc2)nn1-c1nccc(NCCNC(=O)OCc2ccccc2)n1. The topological polar surface area (TPSA) is 693 Å². The van der Waals surface area contributed by atoms with Gasteiger partial charge >= 0.3 is 12.1 Å². The molecule has 15 rings (SSSR count). The average molecular weight is 1710 g/mol. The van der Waals surface area contributed by atoms with Crippen LogP contribution in [-0.2, 0) is 64.3 Å². The number of fused-ring (bicyclic) bond motifs is 2. The van der Waals surface area contributed by atoms with Gasteiger partial charge in [-0.1, -0.05) is 53.0 Å². The number of amides is 1. The predicted octanol–water partition coefficient (Wildman–Crippen LogP) is 4.57. The summed E-state index contributed by atoms with van der Waals surface area (Å²) in [6.07, 6.45) is 6.75. The zero-order valence-electron chi connectivity index (χ0n) is 60.7. The van der Waals surface area contributed by atoms with Crippen LogP contribution < -0.4 is 80.7 Å². The first-order chi connectivity index (χ1) is 55.7. The molecule has 0 saturated carbocycles. The Morgan fingerprint density at radius 1 is 0.487 bits per heavy atom. The van der Waals surface area contributed by atoms with E-state index in [1.165, 1.54) is 139 Å². The molecule has 6 aromatic carbocycles. The second-order valence-corrected chi connectivity index (χ2v) is 32.6. The molecule has 0 unspecified atom stereocenters. The van der Waals surface area contributed by atoms with Crippen molar-refractivity contribution in [1.82, 2.24) is 94.3 Å². The number of carboxylic acids is 1. The number of hydrogen-bond acceptors (Lipinski definition) is 37. The third-order valence-corrected chi connectivity index (χ3v) is 21.8. The minimum atomic E-state index is -3.79. The fourth-order valence-corrected chi connectivity index (χ4v) is 14.5. The smallest absolute Gasteiger partial charge is 0.407 e. The van der Waals surface area contributed by atoms with Crippen molar-refractivity contribution >= 4 is 167 Å². The number of carbonyl (C=O) groups is 2. The van der Waals surface area contributed by atoms with Crippen molar-refractivity contribution in [1.29, 1.82) is 0 Å². The molecule has 1 aliphatic carbocycles. The molecule has 0 saturated heterocycles. The number of aryl methyl sites for hydroxylation is 2. The van der Waals surface area contributed by atoms with Crippen LogP contribution in [0.25, 0.3) is 32.2 Å². The molecule has 14 aromatic rings. The largest absolute Gasteiger partial charge is 0.478 e. The van der Waals surface area contributed by atoms with Gasteiger partial charge in [0, 0.05) is 60.0 Å². The minimum Gasteiger partial charge on any atom is -0.478 e. The number of alkyl carbamates (subject to hydrolysis) is 1. The Labute approximate surface area is 671 Å². The molecule has 0 radical (unpaired) electrons. The van der Waals surface area contributed by atoms with Crippen LogP contribution in [0.5, 0.6) is 0 Å². The maximum absolute atomic E-state index is 11.8. The van der Waals surface area contributed by atoms with E-state index in [1.807, 2.05) is 30.3 Å². The van der Waals surface area contributed by atoms with Crippen molar-refractivity contribution in [2.24, 2.45) is 20.6 Å². The second-order valence-electron chi connectivity index (χ2n) is 24.3. The van der Waals surface area contributed by atoms with Crippen LogP contribution in [0.15, 0.2) is 190 Å². The summed E-state index contributed by atoms with van der Waals surface area (Å²) in [5, 5.41) is 68.0. The van der Waals surface area contributed by atoms with Gasteiger partial charge in [0.2, 0.25) is 97.9 Å². The lowest BCUT2D eigenvalue weighted by atomic mass is 10.0. The number of nitrogens with zero attached hydrogens (tertiary/aromatic N) is 18. The molecule has 1 amide bonds. The van der Waals surface area contributed by atoms with Crippen LogP contribution in [0.2, 0.25) is 0 Å². The maximum Gasteiger partial charge on any atom is 0.407 e. The first-order valence-corrected chi connectivity index (χ1v) is 41.7. The molecular weight excluding hydrogens is 1640 g/mol. The van der Waals surface area contributed by atoms with Crippen molar-refractivity contribution in [3.63, 3.8) is 0 Å². The second kappa shape index (κ2) is 35.5. The molecule has 0 aliphatic heterocycles. The average Bonchev–Trinajstić information content (AvgIpc) is 1.73. The molecule has 24 N–H and O–H groups in total. The highest BCUT2D eigenvalue weighted by Gasteiger charge is 2.22. The van der Waals surface area contributed by atoms with Crippen LogP contribution in [0.1, 0.15) is 39.3 Å². The monoisotopic (exact) mass is 1710 g/mol. The van der Waals surface area contributed by atoms with E-state index in [2.05, 4.69) is 107 Å². The lowest BCUT2D eigenvalue weighted by molar-refractivity contribution is 0.0696. The lowest BCUT2D eigenvalue weighted by Crippen LogP contribution is -2.29. The molecule has 117 heavy (non-hydrogen) atoms. The van der Waals surface area contributed by atoms with Gasteiger partial charge in [-0.15, -0.1) is 20.4 Å². The molecule has 606 valence electrons. The lowest BCUT2D eigenvalue weighted by Gasteiger charge is -2.09. The number of carbonyl (C=O) groups excluding carboxylic acids is 1. The Morgan fingerprint density at radius 3 is 1.43 bits per heavy atom. The molecule has 0 atom stereocenters. The number of nitrogen functional groups attached to an aromatic ring is 4. The molecule has 0 spiro atoms. The zero-order valence-corrected chi connectivity index (χ0v) is 65.6. The van der Waals surface area contributed by atoms with Crippen LogP contribution >= 0.6 is 22.7 Å². The molecule has 45 nitrogen and oxygen atoms in total. The predicted molar refractivity (Wildman–Crippen MR) is 434 cm³/mol. The number of thiazole rings is 2. The van der Waals surface area contributed by atoms with Crippen molar-refractivity contribution in [2.45, 2.75) is 51.9 Å². The van der Waals surface area contributed by atoms with E-state index < -0.39 is 52.2 Å². The molecule has 8 heterocycles. The molecule has 0 fully saturated rings. The van der Waals surface area contributed by atoms with Crippen molar-refractivity contribution in [2.75, 3.05) is 75.0 Å². The highest BCUT2D eigenvalue weighted by Crippen LogP contribution is 2.32. The first-order valence-electron chi connectivity index (χ1n) is 33.9. The van der Waals surface area contributed by atoms with Crippen LogP contribution in [0, 0.1) is 0 Å². The number of carboxylic acid groups (broad SMARTS) is 1. The van der Waals surface area contributed by atoms with Crippen LogP contribution in [0.4, 0.5) is 86.8 Å². The highest BCUT2D eigenvalue weighted by atomic mass is 32.2. The van der Waals surface area contributed by atoms with Gasteiger partial charge in [0.1, 0.15) is 24.6 Å². The van der Waals surface area contributed by atoms with Gasteiger partial charge < -0.3 is 70.0 Å². The third-order valence-electron chi connectivity index (χ3n) is 16.0. The van der Waals surface area contributed by atoms with E-state index in [0.29, 0.717) is 79.7 Å². The fraction of sp³-hybridized carbons (Fsp3) is 0.121. The Bertz CT molecular complexity index is 6370. The van der Waals surface area contributed by atoms with E-state index in [-0.39, 0.29) is 79.3 Å².